The number of aliphatic hydroxyl groups is 1. The zero-order valence-corrected chi connectivity index (χ0v) is 24.4. The summed E-state index contributed by atoms with van der Waals surface area (Å²) in [7, 11) is 1.66. The number of fused-ring (bicyclic) bond motifs is 1. The maximum absolute atomic E-state index is 10.6. The van der Waals surface area contributed by atoms with Gasteiger partial charge in [0.25, 0.3) is 0 Å². The molecule has 0 saturated carbocycles. The van der Waals surface area contributed by atoms with Gasteiger partial charge < -0.3 is 35.3 Å². The normalized spacial score (nSPS) is 11.4. The van der Waals surface area contributed by atoms with Crippen LogP contribution in [-0.4, -0.2) is 79.6 Å². The topological polar surface area (TPSA) is 184 Å². The molecule has 0 radical (unpaired) electrons. The minimum absolute atomic E-state index is 0.130. The summed E-state index contributed by atoms with van der Waals surface area (Å²) in [4.78, 5) is 18.1. The zero-order chi connectivity index (χ0) is 32.5. The number of hydrogen-bond donors (Lipinski definition) is 4. The highest BCUT2D eigenvalue weighted by Gasteiger charge is 2.38. The van der Waals surface area contributed by atoms with Crippen LogP contribution in [0.3, 0.4) is 0 Å². The second kappa shape index (κ2) is 14.5. The quantitative estimate of drug-likeness (QED) is 0.151. The molecule has 0 unspecified atom stereocenters. The Balaban J connectivity index is 0.000000676. The number of carbonyl (C=O) groups is 1. The van der Waals surface area contributed by atoms with E-state index in [1.54, 1.807) is 27.2 Å². The molecule has 16 heteroatoms. The summed E-state index contributed by atoms with van der Waals surface area (Å²) in [5.41, 5.74) is 7.94. The van der Waals surface area contributed by atoms with Crippen LogP contribution in [0, 0.1) is 11.8 Å². The highest BCUT2D eigenvalue weighted by Crippen LogP contribution is 2.33. The van der Waals surface area contributed by atoms with Gasteiger partial charge in [-0.05, 0) is 67.7 Å². The van der Waals surface area contributed by atoms with E-state index < -0.39 is 17.7 Å². The fourth-order valence-electron chi connectivity index (χ4n) is 3.74. The second-order valence-electron chi connectivity index (χ2n) is 9.65. The van der Waals surface area contributed by atoms with E-state index in [4.69, 9.17) is 34.7 Å². The molecule has 4 rings (SSSR count). The monoisotopic (exact) mass is 619 g/mol. The first-order valence-corrected chi connectivity index (χ1v) is 13.2. The number of rotatable bonds is 10. The molecule has 3 aromatic heterocycles. The van der Waals surface area contributed by atoms with Crippen molar-refractivity contribution in [2.24, 2.45) is 0 Å². The number of benzene rings is 1. The Bertz CT molecular complexity index is 1620. The number of carboxylic acid groups (broad SMARTS) is 1. The number of anilines is 1. The van der Waals surface area contributed by atoms with E-state index in [1.165, 1.54) is 5.56 Å². The molecular weight excluding hydrogens is 587 g/mol. The van der Waals surface area contributed by atoms with Crippen LogP contribution >= 0.6 is 0 Å². The number of nitrogens with two attached hydrogens (primary N) is 1. The lowest BCUT2D eigenvalue weighted by atomic mass is 10.1. The molecule has 4 aromatic rings. The number of methoxy groups -OCH3 is 1. The summed E-state index contributed by atoms with van der Waals surface area (Å²) in [6.45, 7) is 7.61. The summed E-state index contributed by atoms with van der Waals surface area (Å²) in [5.74, 6) is 4.97. The average molecular weight is 620 g/mol. The van der Waals surface area contributed by atoms with Crippen molar-refractivity contribution in [1.82, 2.24) is 30.2 Å². The van der Waals surface area contributed by atoms with Crippen molar-refractivity contribution in [1.29, 1.82) is 0 Å². The maximum atomic E-state index is 10.6. The third-order valence-corrected chi connectivity index (χ3v) is 5.79. The highest BCUT2D eigenvalue weighted by molar-refractivity contribution is 5.89. The molecule has 0 bridgehead atoms. The Kier molecular flexibility index (Phi) is 11.1. The minimum Gasteiger partial charge on any atom is -0.497 e. The number of hydrogen-bond acceptors (Lipinski definition) is 11. The Morgan fingerprint density at radius 1 is 1.18 bits per heavy atom. The van der Waals surface area contributed by atoms with Crippen LogP contribution in [0.4, 0.5) is 19.0 Å². The highest BCUT2D eigenvalue weighted by atomic mass is 19.4. The average Bonchev–Trinajstić information content (AvgIpc) is 3.57. The van der Waals surface area contributed by atoms with Gasteiger partial charge in [0.05, 0.1) is 13.3 Å². The van der Waals surface area contributed by atoms with Crippen molar-refractivity contribution in [3.05, 3.63) is 41.7 Å². The first-order chi connectivity index (χ1) is 20.7. The number of nitrogen functional groups attached to an aromatic ring is 1. The summed E-state index contributed by atoms with van der Waals surface area (Å²) >= 11 is 0. The van der Waals surface area contributed by atoms with Gasteiger partial charge in [0, 0.05) is 13.1 Å². The van der Waals surface area contributed by atoms with E-state index in [-0.39, 0.29) is 5.82 Å². The van der Waals surface area contributed by atoms with Crippen LogP contribution in [0.25, 0.3) is 22.6 Å². The molecule has 0 aliphatic rings. The number of pyridine rings is 1. The van der Waals surface area contributed by atoms with E-state index in [1.807, 2.05) is 23.6 Å². The number of nitrogens with one attached hydrogen (secondary N) is 1. The SMILES string of the molecule is CCn1c(-c2nonc2N)nc2c(C#CC(C)(C)O)ncc(OCCNCCc3ccc(OC)cc3)c21.O=C(O)C(F)(F)F. The molecule has 0 atom stereocenters. The van der Waals surface area contributed by atoms with E-state index in [9.17, 15) is 18.3 Å². The molecule has 13 nitrogen and oxygen atoms in total. The first-order valence-electron chi connectivity index (χ1n) is 13.2. The van der Waals surface area contributed by atoms with Crippen molar-refractivity contribution < 1.29 is 42.3 Å². The van der Waals surface area contributed by atoms with Gasteiger partial charge in [0.2, 0.25) is 0 Å². The summed E-state index contributed by atoms with van der Waals surface area (Å²) in [6, 6.07) is 8.03. The number of alkyl halides is 3. The van der Waals surface area contributed by atoms with Gasteiger partial charge >= 0.3 is 12.1 Å². The smallest absolute Gasteiger partial charge is 0.490 e. The molecule has 5 N–H and O–H groups in total. The minimum atomic E-state index is -5.08. The molecule has 0 aliphatic heterocycles. The standard InChI is InChI=1S/C26H31N7O4.C2HF3O2/c1-5-33-23-20(36-15-14-28-13-11-17-6-8-18(35-4)9-7-17)16-29-19(10-12-26(2,3)34)21(23)30-25(33)22-24(27)32-37-31-22;3-2(4,5)1(6)7/h6-9,16,28,34H,5,11,13-15H2,1-4H3,(H2,27,32);(H,6,7). The van der Waals surface area contributed by atoms with Crippen LogP contribution in [0.15, 0.2) is 35.1 Å². The number of halogens is 3. The van der Waals surface area contributed by atoms with Crippen LogP contribution in [0.5, 0.6) is 11.5 Å². The number of aromatic nitrogens is 5. The number of imidazole rings is 1. The summed E-state index contributed by atoms with van der Waals surface area (Å²) < 4.78 is 49.8. The van der Waals surface area contributed by atoms with E-state index >= 15 is 0 Å². The Labute approximate surface area is 250 Å². The van der Waals surface area contributed by atoms with Gasteiger partial charge in [0.15, 0.2) is 23.1 Å². The van der Waals surface area contributed by atoms with Crippen LogP contribution in [0.1, 0.15) is 32.0 Å². The lowest BCUT2D eigenvalue weighted by Gasteiger charge is -2.11. The predicted molar refractivity (Wildman–Crippen MR) is 153 cm³/mol. The molecule has 0 fully saturated rings. The number of aliphatic carboxylic acids is 1. The van der Waals surface area contributed by atoms with Crippen molar-refractivity contribution in [2.75, 3.05) is 32.5 Å². The van der Waals surface area contributed by atoms with E-state index in [0.717, 1.165) is 18.7 Å². The third kappa shape index (κ3) is 9.06. The lowest BCUT2D eigenvalue weighted by molar-refractivity contribution is -0.192. The predicted octanol–water partition coefficient (Wildman–Crippen LogP) is 3.06. The fraction of sp³-hybridized carbons (Fsp3) is 0.393. The van der Waals surface area contributed by atoms with Crippen molar-refractivity contribution in [3.8, 4) is 34.9 Å². The van der Waals surface area contributed by atoms with Gasteiger partial charge in [-0.2, -0.15) is 13.2 Å². The molecule has 44 heavy (non-hydrogen) atoms. The Hall–Kier alpha value is -4.88. The third-order valence-electron chi connectivity index (χ3n) is 5.79. The molecule has 0 amide bonds. The van der Waals surface area contributed by atoms with Crippen molar-refractivity contribution in [2.45, 2.75) is 45.5 Å². The van der Waals surface area contributed by atoms with E-state index in [2.05, 4.69) is 44.6 Å². The summed E-state index contributed by atoms with van der Waals surface area (Å²) in [5, 5.41) is 28.2. The zero-order valence-electron chi connectivity index (χ0n) is 24.4. The number of nitrogens with zero attached hydrogens (tertiary/aromatic N) is 5. The van der Waals surface area contributed by atoms with Crippen LogP contribution < -0.4 is 20.5 Å². The molecule has 0 spiro atoms. The first kappa shape index (κ1) is 33.6. The molecule has 3 heterocycles. The molecule has 236 valence electrons. The molecule has 0 aliphatic carbocycles. The molecule has 1 aromatic carbocycles. The summed E-state index contributed by atoms with van der Waals surface area (Å²) in [6.07, 6.45) is -2.57. The van der Waals surface area contributed by atoms with Gasteiger partial charge in [-0.15, -0.1) is 0 Å². The van der Waals surface area contributed by atoms with Gasteiger partial charge in [-0.25, -0.2) is 19.4 Å². The van der Waals surface area contributed by atoms with Gasteiger partial charge in [-0.1, -0.05) is 18.1 Å². The molecule has 0 saturated heterocycles. The Morgan fingerprint density at radius 3 is 2.41 bits per heavy atom. The molecular formula is C28H32F3N7O6. The van der Waals surface area contributed by atoms with Crippen LogP contribution in [-0.2, 0) is 17.8 Å². The largest absolute Gasteiger partial charge is 0.497 e. The lowest BCUT2D eigenvalue weighted by Crippen LogP contribution is -2.23. The number of carboxylic acids is 1. The fourth-order valence-corrected chi connectivity index (χ4v) is 3.74. The van der Waals surface area contributed by atoms with Gasteiger partial charge in [-0.3, -0.25) is 0 Å². The van der Waals surface area contributed by atoms with Crippen molar-refractivity contribution in [3.63, 3.8) is 0 Å². The Morgan fingerprint density at radius 2 is 1.86 bits per heavy atom. The number of aryl methyl sites for hydroxylation is 1. The van der Waals surface area contributed by atoms with Crippen molar-refractivity contribution >= 4 is 22.8 Å². The maximum Gasteiger partial charge on any atom is 0.490 e. The number of ether oxygens (including phenoxy) is 2. The van der Waals surface area contributed by atoms with E-state index in [0.29, 0.717) is 53.7 Å². The van der Waals surface area contributed by atoms with Gasteiger partial charge in [0.1, 0.15) is 34.7 Å². The van der Waals surface area contributed by atoms with Crippen LogP contribution in [0.2, 0.25) is 0 Å². The second-order valence-corrected chi connectivity index (χ2v) is 9.65.